The highest BCUT2D eigenvalue weighted by molar-refractivity contribution is 7.89. The van der Waals surface area contributed by atoms with Gasteiger partial charge in [-0.05, 0) is 30.9 Å². The van der Waals surface area contributed by atoms with E-state index in [0.717, 1.165) is 12.8 Å². The quantitative estimate of drug-likeness (QED) is 0.858. The van der Waals surface area contributed by atoms with Crippen LogP contribution >= 0.6 is 0 Å². The van der Waals surface area contributed by atoms with Gasteiger partial charge in [0, 0.05) is 18.7 Å². The molecule has 1 aromatic carbocycles. The molecule has 1 unspecified atom stereocenters. The molecule has 0 aliphatic carbocycles. The van der Waals surface area contributed by atoms with Crippen molar-refractivity contribution in [1.82, 2.24) is 4.31 Å². The van der Waals surface area contributed by atoms with Gasteiger partial charge in [0.05, 0.1) is 4.90 Å². The van der Waals surface area contributed by atoms with Crippen molar-refractivity contribution >= 4 is 10.0 Å². The Morgan fingerprint density at radius 3 is 2.75 bits per heavy atom. The molecule has 0 saturated carbocycles. The second-order valence-corrected chi connectivity index (χ2v) is 7.47. The van der Waals surface area contributed by atoms with Crippen molar-refractivity contribution in [3.05, 3.63) is 18.2 Å². The normalized spacial score (nSPS) is 22.6. The third-order valence-electron chi connectivity index (χ3n) is 3.97. The zero-order valence-electron chi connectivity index (χ0n) is 11.7. The minimum atomic E-state index is -3.46. The average Bonchev–Trinajstić information content (AvgIpc) is 3.06. The third-order valence-corrected chi connectivity index (χ3v) is 5.89. The minimum Gasteiger partial charge on any atom is -0.454 e. The van der Waals surface area contributed by atoms with E-state index in [9.17, 15) is 8.42 Å². The number of hydrogen-bond donors (Lipinski definition) is 0. The number of nitrogens with zero attached hydrogens (tertiary/aromatic N) is 1. The molecule has 6 heteroatoms. The average molecular weight is 297 g/mol. The van der Waals surface area contributed by atoms with E-state index >= 15 is 0 Å². The van der Waals surface area contributed by atoms with E-state index in [1.807, 2.05) is 0 Å². The monoisotopic (exact) mass is 297 g/mol. The molecule has 1 saturated heterocycles. The summed E-state index contributed by atoms with van der Waals surface area (Å²) in [5.74, 6) is 1.43. The lowest BCUT2D eigenvalue weighted by atomic mass is 10.0. The highest BCUT2D eigenvalue weighted by atomic mass is 32.2. The van der Waals surface area contributed by atoms with Crippen LogP contribution in [0, 0.1) is 5.92 Å². The molecular formula is C14H19NO4S. The number of hydrogen-bond acceptors (Lipinski definition) is 4. The van der Waals surface area contributed by atoms with Gasteiger partial charge in [0.15, 0.2) is 11.5 Å². The highest BCUT2D eigenvalue weighted by Crippen LogP contribution is 2.36. The first-order valence-electron chi connectivity index (χ1n) is 6.91. The van der Waals surface area contributed by atoms with Crippen LogP contribution in [-0.4, -0.2) is 32.1 Å². The largest absolute Gasteiger partial charge is 0.454 e. The molecular weight excluding hydrogens is 278 g/mol. The molecule has 0 amide bonds. The molecule has 0 spiro atoms. The van der Waals surface area contributed by atoms with Crippen molar-refractivity contribution in [1.29, 1.82) is 0 Å². The zero-order chi connectivity index (χ0) is 14.3. The molecule has 2 aliphatic heterocycles. The molecule has 1 atom stereocenters. The van der Waals surface area contributed by atoms with Crippen LogP contribution in [0.5, 0.6) is 11.5 Å². The van der Waals surface area contributed by atoms with Crippen LogP contribution in [0.4, 0.5) is 0 Å². The van der Waals surface area contributed by atoms with Gasteiger partial charge < -0.3 is 9.47 Å². The predicted molar refractivity (Wildman–Crippen MR) is 74.3 cm³/mol. The fourth-order valence-electron chi connectivity index (χ4n) is 2.90. The van der Waals surface area contributed by atoms with E-state index in [2.05, 4.69) is 13.8 Å². The Kier molecular flexibility index (Phi) is 3.38. The van der Waals surface area contributed by atoms with Crippen molar-refractivity contribution in [2.75, 3.05) is 13.3 Å². The summed E-state index contributed by atoms with van der Waals surface area (Å²) < 4.78 is 37.7. The van der Waals surface area contributed by atoms with Crippen LogP contribution in [0.15, 0.2) is 23.1 Å². The van der Waals surface area contributed by atoms with Crippen molar-refractivity contribution in [3.8, 4) is 11.5 Å². The molecule has 0 bridgehead atoms. The van der Waals surface area contributed by atoms with Crippen molar-refractivity contribution in [2.45, 2.75) is 37.6 Å². The van der Waals surface area contributed by atoms with Crippen LogP contribution in [0.25, 0.3) is 0 Å². The van der Waals surface area contributed by atoms with Gasteiger partial charge in [-0.25, -0.2) is 8.42 Å². The fraction of sp³-hybridized carbons (Fsp3) is 0.571. The van der Waals surface area contributed by atoms with Gasteiger partial charge in [0.2, 0.25) is 16.8 Å². The Morgan fingerprint density at radius 2 is 2.00 bits per heavy atom. The van der Waals surface area contributed by atoms with E-state index in [-0.39, 0.29) is 17.7 Å². The summed E-state index contributed by atoms with van der Waals surface area (Å²) in [7, 11) is -3.46. The predicted octanol–water partition coefficient (Wildman–Crippen LogP) is 2.22. The maximum Gasteiger partial charge on any atom is 0.243 e. The molecule has 110 valence electrons. The standard InChI is InChI=1S/C14H19NO4S/c1-10(2)12-4-3-7-15(12)20(16,17)11-5-6-13-14(8-11)19-9-18-13/h5-6,8,10,12H,3-4,7,9H2,1-2H3. The van der Waals surface area contributed by atoms with Crippen molar-refractivity contribution in [2.24, 2.45) is 5.92 Å². The van der Waals surface area contributed by atoms with Crippen LogP contribution in [-0.2, 0) is 10.0 Å². The van der Waals surface area contributed by atoms with Gasteiger partial charge in [0.25, 0.3) is 0 Å². The van der Waals surface area contributed by atoms with E-state index in [0.29, 0.717) is 24.0 Å². The maximum absolute atomic E-state index is 12.8. The van der Waals surface area contributed by atoms with Gasteiger partial charge in [-0.1, -0.05) is 13.8 Å². The lowest BCUT2D eigenvalue weighted by Crippen LogP contribution is -2.38. The van der Waals surface area contributed by atoms with Crippen molar-refractivity contribution < 1.29 is 17.9 Å². The summed E-state index contributed by atoms with van der Waals surface area (Å²) in [5.41, 5.74) is 0. The van der Waals surface area contributed by atoms with Gasteiger partial charge in [-0.2, -0.15) is 4.31 Å². The number of sulfonamides is 1. The van der Waals surface area contributed by atoms with Crippen LogP contribution in [0.3, 0.4) is 0 Å². The SMILES string of the molecule is CC(C)C1CCCN1S(=O)(=O)c1ccc2c(c1)OCO2. The Balaban J connectivity index is 1.95. The first-order chi connectivity index (χ1) is 9.50. The minimum absolute atomic E-state index is 0.0884. The van der Waals surface area contributed by atoms with Crippen molar-refractivity contribution in [3.63, 3.8) is 0 Å². The Bertz CT molecular complexity index is 612. The molecule has 0 aromatic heterocycles. The van der Waals surface area contributed by atoms with Gasteiger partial charge in [-0.15, -0.1) is 0 Å². The number of benzene rings is 1. The lowest BCUT2D eigenvalue weighted by Gasteiger charge is -2.26. The summed E-state index contributed by atoms with van der Waals surface area (Å²) in [6.45, 7) is 4.88. The lowest BCUT2D eigenvalue weighted by molar-refractivity contribution is 0.174. The summed E-state index contributed by atoms with van der Waals surface area (Å²) in [5, 5.41) is 0. The molecule has 1 aromatic rings. The van der Waals surface area contributed by atoms with Gasteiger partial charge in [-0.3, -0.25) is 0 Å². The van der Waals surface area contributed by atoms with Gasteiger partial charge in [0.1, 0.15) is 0 Å². The Hall–Kier alpha value is -1.27. The maximum atomic E-state index is 12.8. The Labute approximate surface area is 119 Å². The first-order valence-corrected chi connectivity index (χ1v) is 8.35. The second-order valence-electron chi connectivity index (χ2n) is 5.58. The van der Waals surface area contributed by atoms with E-state index in [1.54, 1.807) is 22.5 Å². The molecule has 3 rings (SSSR count). The third kappa shape index (κ3) is 2.16. The Morgan fingerprint density at radius 1 is 1.25 bits per heavy atom. The van der Waals surface area contributed by atoms with Gasteiger partial charge >= 0.3 is 0 Å². The molecule has 20 heavy (non-hydrogen) atoms. The molecule has 2 heterocycles. The number of fused-ring (bicyclic) bond motifs is 1. The molecule has 5 nitrogen and oxygen atoms in total. The summed E-state index contributed by atoms with van der Waals surface area (Å²) in [6.07, 6.45) is 1.86. The van der Waals surface area contributed by atoms with E-state index in [1.165, 1.54) is 0 Å². The fourth-order valence-corrected chi connectivity index (χ4v) is 4.74. The summed E-state index contributed by atoms with van der Waals surface area (Å²) in [6, 6.07) is 4.91. The van der Waals surface area contributed by atoms with E-state index < -0.39 is 10.0 Å². The molecule has 0 N–H and O–H groups in total. The first kappa shape index (κ1) is 13.7. The molecule has 2 aliphatic rings. The van der Waals surface area contributed by atoms with Crippen LogP contribution in [0.2, 0.25) is 0 Å². The van der Waals surface area contributed by atoms with Crippen LogP contribution in [0.1, 0.15) is 26.7 Å². The smallest absolute Gasteiger partial charge is 0.243 e. The van der Waals surface area contributed by atoms with E-state index in [4.69, 9.17) is 9.47 Å². The molecule has 1 fully saturated rings. The summed E-state index contributed by atoms with van der Waals surface area (Å²) >= 11 is 0. The topological polar surface area (TPSA) is 55.8 Å². The second kappa shape index (κ2) is 4.93. The zero-order valence-corrected chi connectivity index (χ0v) is 12.5. The summed E-state index contributed by atoms with van der Waals surface area (Å²) in [4.78, 5) is 0.286. The number of rotatable bonds is 3. The highest BCUT2D eigenvalue weighted by Gasteiger charge is 2.37. The number of ether oxygens (including phenoxy) is 2. The molecule has 0 radical (unpaired) electrons. The van der Waals surface area contributed by atoms with Crippen LogP contribution < -0.4 is 9.47 Å².